The molecule has 2 rings (SSSR count). The lowest BCUT2D eigenvalue weighted by Crippen LogP contribution is -2.22. The van der Waals surface area contributed by atoms with E-state index in [0.29, 0.717) is 11.6 Å². The first-order valence-electron chi connectivity index (χ1n) is 6.18. The minimum absolute atomic E-state index is 0.0133. The van der Waals surface area contributed by atoms with E-state index in [2.05, 4.69) is 14.8 Å². The molecule has 110 valence electrons. The summed E-state index contributed by atoms with van der Waals surface area (Å²) in [6.45, 7) is 3.65. The molecular weight excluding hydrogens is 300 g/mol. The van der Waals surface area contributed by atoms with Gasteiger partial charge in [-0.2, -0.15) is 5.10 Å². The molecule has 1 atom stereocenters. The van der Waals surface area contributed by atoms with Crippen molar-refractivity contribution in [1.82, 2.24) is 14.8 Å². The number of aryl methyl sites for hydroxylation is 2. The van der Waals surface area contributed by atoms with Crippen molar-refractivity contribution in [3.05, 3.63) is 18.0 Å². The van der Waals surface area contributed by atoms with Crippen molar-refractivity contribution < 1.29 is 8.42 Å². The van der Waals surface area contributed by atoms with Crippen molar-refractivity contribution in [1.29, 1.82) is 0 Å². The van der Waals surface area contributed by atoms with Crippen LogP contribution in [0.5, 0.6) is 0 Å². The highest BCUT2D eigenvalue weighted by Gasteiger charge is 2.16. The molecule has 1 unspecified atom stereocenters. The fourth-order valence-electron chi connectivity index (χ4n) is 2.00. The molecule has 0 aliphatic heterocycles. The fourth-order valence-corrected chi connectivity index (χ4v) is 3.66. The van der Waals surface area contributed by atoms with Gasteiger partial charge in [0.15, 0.2) is 5.65 Å². The summed E-state index contributed by atoms with van der Waals surface area (Å²) in [4.78, 5) is 4.23. The van der Waals surface area contributed by atoms with E-state index < -0.39 is 10.0 Å². The molecule has 0 saturated carbocycles. The molecular formula is C12H17ClN4O2S. The molecule has 0 aromatic carbocycles. The van der Waals surface area contributed by atoms with E-state index in [1.165, 1.54) is 6.20 Å². The van der Waals surface area contributed by atoms with Crippen LogP contribution in [-0.2, 0) is 17.1 Å². The van der Waals surface area contributed by atoms with E-state index >= 15 is 0 Å². The summed E-state index contributed by atoms with van der Waals surface area (Å²) in [5.41, 5.74) is 1.97. The number of pyridine rings is 1. The summed E-state index contributed by atoms with van der Waals surface area (Å²) in [5, 5.41) is 5.08. The summed E-state index contributed by atoms with van der Waals surface area (Å²) in [6, 6.07) is 1.74. The zero-order valence-electron chi connectivity index (χ0n) is 11.6. The Morgan fingerprint density at radius 2 is 2.20 bits per heavy atom. The molecule has 0 radical (unpaired) electrons. The Hall–Kier alpha value is -1.34. The van der Waals surface area contributed by atoms with Gasteiger partial charge in [0, 0.05) is 18.3 Å². The van der Waals surface area contributed by atoms with E-state index in [1.807, 2.05) is 6.92 Å². The molecule has 0 aliphatic rings. The number of alkyl halides is 1. The Morgan fingerprint density at radius 1 is 1.50 bits per heavy atom. The summed E-state index contributed by atoms with van der Waals surface area (Å²) in [5.74, 6) is 0.187. The van der Waals surface area contributed by atoms with Gasteiger partial charge in [-0.3, -0.25) is 9.40 Å². The number of hydrogen-bond acceptors (Lipinski definition) is 4. The molecule has 20 heavy (non-hydrogen) atoms. The third-order valence-electron chi connectivity index (χ3n) is 2.90. The highest BCUT2D eigenvalue weighted by molar-refractivity contribution is 7.92. The molecule has 1 N–H and O–H groups in total. The van der Waals surface area contributed by atoms with Crippen molar-refractivity contribution in [3.63, 3.8) is 0 Å². The van der Waals surface area contributed by atoms with E-state index in [4.69, 9.17) is 11.6 Å². The van der Waals surface area contributed by atoms with Crippen molar-refractivity contribution in [3.8, 4) is 0 Å². The molecule has 0 bridgehead atoms. The number of nitrogens with zero attached hydrogens (tertiary/aromatic N) is 3. The van der Waals surface area contributed by atoms with Gasteiger partial charge < -0.3 is 0 Å². The third kappa shape index (κ3) is 3.21. The number of anilines is 1. The van der Waals surface area contributed by atoms with Gasteiger partial charge >= 0.3 is 0 Å². The third-order valence-corrected chi connectivity index (χ3v) is 4.99. The quantitative estimate of drug-likeness (QED) is 0.855. The number of hydrogen-bond donors (Lipinski definition) is 1. The van der Waals surface area contributed by atoms with Crippen molar-refractivity contribution in [2.24, 2.45) is 13.0 Å². The predicted octanol–water partition coefficient (Wildman–Crippen LogP) is 1.89. The first kappa shape index (κ1) is 15.1. The monoisotopic (exact) mass is 316 g/mol. The van der Waals surface area contributed by atoms with Crippen LogP contribution in [0.15, 0.2) is 12.3 Å². The standard InChI is InChI=1S/C12H17ClN4O2S/c1-8(5-13)7-20(18,19)16-10-4-11-9(2)15-17(3)12(11)14-6-10/h4,6,8,16H,5,7H2,1-3H3. The maximum atomic E-state index is 12.0. The van der Waals surface area contributed by atoms with Gasteiger partial charge in [-0.05, 0) is 18.9 Å². The maximum Gasteiger partial charge on any atom is 0.233 e. The van der Waals surface area contributed by atoms with Crippen LogP contribution < -0.4 is 4.72 Å². The zero-order valence-corrected chi connectivity index (χ0v) is 13.2. The van der Waals surface area contributed by atoms with Crippen LogP contribution in [0, 0.1) is 12.8 Å². The van der Waals surface area contributed by atoms with E-state index in [0.717, 1.165) is 16.7 Å². The fraction of sp³-hybridized carbons (Fsp3) is 0.500. The topological polar surface area (TPSA) is 76.9 Å². The average molecular weight is 317 g/mol. The molecule has 0 spiro atoms. The smallest absolute Gasteiger partial charge is 0.233 e. The van der Waals surface area contributed by atoms with Crippen LogP contribution in [0.3, 0.4) is 0 Å². The lowest BCUT2D eigenvalue weighted by Gasteiger charge is -2.11. The van der Waals surface area contributed by atoms with Gasteiger partial charge in [-0.1, -0.05) is 6.92 Å². The predicted molar refractivity (Wildman–Crippen MR) is 80.5 cm³/mol. The highest BCUT2D eigenvalue weighted by atomic mass is 35.5. The molecule has 8 heteroatoms. The second kappa shape index (κ2) is 5.57. The first-order chi connectivity index (χ1) is 9.32. The van der Waals surface area contributed by atoms with Gasteiger partial charge in [0.25, 0.3) is 0 Å². The molecule has 6 nitrogen and oxygen atoms in total. The molecule has 0 saturated heterocycles. The second-order valence-corrected chi connectivity index (χ2v) is 7.02. The lowest BCUT2D eigenvalue weighted by molar-refractivity contribution is 0.588. The summed E-state index contributed by atoms with van der Waals surface area (Å²) in [7, 11) is -1.62. The van der Waals surface area contributed by atoms with Crippen molar-refractivity contribution in [2.45, 2.75) is 13.8 Å². The van der Waals surface area contributed by atoms with Crippen LogP contribution in [0.1, 0.15) is 12.6 Å². The van der Waals surface area contributed by atoms with E-state index in [9.17, 15) is 8.42 Å². The number of aromatic nitrogens is 3. The molecule has 0 amide bonds. The van der Waals surface area contributed by atoms with E-state index in [-0.39, 0.29) is 11.7 Å². The van der Waals surface area contributed by atoms with Gasteiger partial charge in [0.2, 0.25) is 10.0 Å². The summed E-state index contributed by atoms with van der Waals surface area (Å²) >= 11 is 5.65. The Labute approximate surface area is 123 Å². The minimum Gasteiger partial charge on any atom is -0.282 e. The molecule has 0 fully saturated rings. The second-order valence-electron chi connectivity index (χ2n) is 4.95. The Bertz CT molecular complexity index is 726. The number of halogens is 1. The number of nitrogens with one attached hydrogen (secondary N) is 1. The first-order valence-corrected chi connectivity index (χ1v) is 8.37. The van der Waals surface area contributed by atoms with Crippen molar-refractivity contribution in [2.75, 3.05) is 16.4 Å². The largest absolute Gasteiger partial charge is 0.282 e. The molecule has 2 aromatic heterocycles. The van der Waals surface area contributed by atoms with Crippen LogP contribution in [0.4, 0.5) is 5.69 Å². The number of fused-ring (bicyclic) bond motifs is 1. The normalized spacial score (nSPS) is 13.6. The molecule has 2 aromatic rings. The van der Waals surface area contributed by atoms with Crippen molar-refractivity contribution >= 4 is 38.3 Å². The zero-order chi connectivity index (χ0) is 14.9. The van der Waals surface area contributed by atoms with Crippen LogP contribution >= 0.6 is 11.6 Å². The summed E-state index contributed by atoms with van der Waals surface area (Å²) < 4.78 is 28.1. The minimum atomic E-state index is -3.42. The van der Waals surface area contributed by atoms with Crippen LogP contribution in [0.2, 0.25) is 0 Å². The van der Waals surface area contributed by atoms with Crippen LogP contribution in [-0.4, -0.2) is 34.8 Å². The van der Waals surface area contributed by atoms with Gasteiger partial charge in [-0.25, -0.2) is 13.4 Å². The maximum absolute atomic E-state index is 12.0. The van der Waals surface area contributed by atoms with E-state index in [1.54, 1.807) is 24.7 Å². The van der Waals surface area contributed by atoms with Gasteiger partial charge in [0.1, 0.15) is 0 Å². The lowest BCUT2D eigenvalue weighted by atomic mass is 10.2. The summed E-state index contributed by atoms with van der Waals surface area (Å²) in [6.07, 6.45) is 1.49. The Balaban J connectivity index is 2.28. The highest BCUT2D eigenvalue weighted by Crippen LogP contribution is 2.20. The molecule has 2 heterocycles. The van der Waals surface area contributed by atoms with Crippen LogP contribution in [0.25, 0.3) is 11.0 Å². The molecule has 0 aliphatic carbocycles. The Kier molecular flexibility index (Phi) is 4.19. The SMILES string of the molecule is Cc1nn(C)c2ncc(NS(=O)(=O)CC(C)CCl)cc12. The Morgan fingerprint density at radius 3 is 2.85 bits per heavy atom. The average Bonchev–Trinajstić information content (AvgIpc) is 2.63. The number of rotatable bonds is 5. The van der Waals surface area contributed by atoms with Gasteiger partial charge in [-0.15, -0.1) is 11.6 Å². The van der Waals surface area contributed by atoms with Gasteiger partial charge in [0.05, 0.1) is 23.3 Å². The number of sulfonamides is 1.